The van der Waals surface area contributed by atoms with Crippen LogP contribution in [0, 0.1) is 10.1 Å². The zero-order valence-corrected chi connectivity index (χ0v) is 15.9. The topological polar surface area (TPSA) is 123 Å². The van der Waals surface area contributed by atoms with Gasteiger partial charge in [0.15, 0.2) is 0 Å². The average Bonchev–Trinajstić information content (AvgIpc) is 2.63. The normalized spacial score (nSPS) is 15.7. The van der Waals surface area contributed by atoms with Crippen molar-refractivity contribution in [2.24, 2.45) is 5.14 Å². The molecule has 1 fully saturated rings. The number of primary sulfonamides is 1. The number of nitrogens with two attached hydrogens (primary N) is 1. The standard InChI is InChI=1S/C16H18ClN5O4S/c17-12-1-2-13(19-10-12)11-20-5-7-21(8-6-20)15-4-3-14(22(23)24)9-16(15)27(18,25)26/h1-4,9-10H,5-8,11H2,(H2,18,25,26). The molecule has 0 aliphatic carbocycles. The number of nitrogens with zero attached hydrogens (tertiary/aromatic N) is 4. The first-order valence-electron chi connectivity index (χ1n) is 8.13. The van der Waals surface area contributed by atoms with Crippen LogP contribution in [0.3, 0.4) is 0 Å². The van der Waals surface area contributed by atoms with Crippen LogP contribution in [0.15, 0.2) is 41.4 Å². The lowest BCUT2D eigenvalue weighted by Gasteiger charge is -2.36. The molecule has 0 bridgehead atoms. The van der Waals surface area contributed by atoms with Gasteiger partial charge in [0.05, 0.1) is 21.3 Å². The van der Waals surface area contributed by atoms with E-state index in [-0.39, 0.29) is 10.6 Å². The summed E-state index contributed by atoms with van der Waals surface area (Å²) in [5.74, 6) is 0. The molecular weight excluding hydrogens is 394 g/mol. The second kappa shape index (κ2) is 7.77. The summed E-state index contributed by atoms with van der Waals surface area (Å²) in [6.45, 7) is 3.16. The second-order valence-corrected chi connectivity index (χ2v) is 8.15. The molecule has 0 unspecified atom stereocenters. The van der Waals surface area contributed by atoms with Crippen molar-refractivity contribution in [3.05, 3.63) is 57.4 Å². The monoisotopic (exact) mass is 411 g/mol. The van der Waals surface area contributed by atoms with Gasteiger partial charge >= 0.3 is 0 Å². The Kier molecular flexibility index (Phi) is 5.61. The van der Waals surface area contributed by atoms with Gasteiger partial charge in [-0.3, -0.25) is 20.0 Å². The third kappa shape index (κ3) is 4.72. The molecule has 144 valence electrons. The molecule has 11 heteroatoms. The Morgan fingerprint density at radius 1 is 1.19 bits per heavy atom. The molecule has 27 heavy (non-hydrogen) atoms. The van der Waals surface area contributed by atoms with E-state index in [1.807, 2.05) is 11.0 Å². The Morgan fingerprint density at radius 3 is 2.44 bits per heavy atom. The molecule has 0 atom stereocenters. The Morgan fingerprint density at radius 2 is 1.89 bits per heavy atom. The number of rotatable bonds is 5. The van der Waals surface area contributed by atoms with Crippen LogP contribution in [-0.2, 0) is 16.6 Å². The molecule has 2 aromatic rings. The van der Waals surface area contributed by atoms with E-state index in [0.29, 0.717) is 43.4 Å². The number of nitro benzene ring substituents is 1. The molecule has 2 heterocycles. The van der Waals surface area contributed by atoms with E-state index in [1.165, 1.54) is 12.1 Å². The smallest absolute Gasteiger partial charge is 0.270 e. The molecule has 1 aromatic heterocycles. The highest BCUT2D eigenvalue weighted by Crippen LogP contribution is 2.29. The predicted octanol–water partition coefficient (Wildman–Crippen LogP) is 1.61. The van der Waals surface area contributed by atoms with Gasteiger partial charge in [-0.2, -0.15) is 0 Å². The van der Waals surface area contributed by atoms with E-state index in [0.717, 1.165) is 11.8 Å². The summed E-state index contributed by atoms with van der Waals surface area (Å²) in [6.07, 6.45) is 1.60. The Balaban J connectivity index is 1.74. The molecule has 1 aliphatic rings. The van der Waals surface area contributed by atoms with Gasteiger partial charge in [0.25, 0.3) is 5.69 Å². The number of benzene rings is 1. The van der Waals surface area contributed by atoms with E-state index in [2.05, 4.69) is 9.88 Å². The molecule has 0 amide bonds. The van der Waals surface area contributed by atoms with Gasteiger partial charge in [-0.05, 0) is 18.2 Å². The summed E-state index contributed by atoms with van der Waals surface area (Å²) < 4.78 is 23.8. The molecule has 3 rings (SSSR count). The van der Waals surface area contributed by atoms with Gasteiger partial charge in [0.2, 0.25) is 10.0 Å². The summed E-state index contributed by atoms with van der Waals surface area (Å²) in [4.78, 5) is 18.4. The summed E-state index contributed by atoms with van der Waals surface area (Å²) >= 11 is 5.84. The third-order valence-corrected chi connectivity index (χ3v) is 5.51. The quantitative estimate of drug-likeness (QED) is 0.585. The predicted molar refractivity (Wildman–Crippen MR) is 101 cm³/mol. The maximum atomic E-state index is 11.9. The zero-order chi connectivity index (χ0) is 19.6. The van der Waals surface area contributed by atoms with E-state index >= 15 is 0 Å². The summed E-state index contributed by atoms with van der Waals surface area (Å²) in [5, 5.41) is 16.8. The van der Waals surface area contributed by atoms with Crippen molar-refractivity contribution in [3.63, 3.8) is 0 Å². The third-order valence-electron chi connectivity index (χ3n) is 4.35. The first-order valence-corrected chi connectivity index (χ1v) is 10.1. The minimum absolute atomic E-state index is 0.232. The SMILES string of the molecule is NS(=O)(=O)c1cc([N+](=O)[O-])ccc1N1CCN(Cc2ccc(Cl)cn2)CC1. The molecule has 2 N–H and O–H groups in total. The van der Waals surface area contributed by atoms with Crippen LogP contribution in [0.2, 0.25) is 5.02 Å². The summed E-state index contributed by atoms with van der Waals surface area (Å²) in [6, 6.07) is 7.39. The van der Waals surface area contributed by atoms with Crippen molar-refractivity contribution in [3.8, 4) is 0 Å². The van der Waals surface area contributed by atoms with Gasteiger partial charge in [-0.25, -0.2) is 13.6 Å². The highest BCUT2D eigenvalue weighted by molar-refractivity contribution is 7.89. The van der Waals surface area contributed by atoms with Crippen molar-refractivity contribution in [2.75, 3.05) is 31.1 Å². The number of anilines is 1. The largest absolute Gasteiger partial charge is 0.368 e. The molecular formula is C16H18ClN5O4S. The van der Waals surface area contributed by atoms with Crippen LogP contribution in [0.5, 0.6) is 0 Å². The molecule has 1 aliphatic heterocycles. The van der Waals surface area contributed by atoms with Gasteiger partial charge in [-0.1, -0.05) is 11.6 Å². The highest BCUT2D eigenvalue weighted by Gasteiger charge is 2.25. The molecule has 1 saturated heterocycles. The molecule has 1 aromatic carbocycles. The Labute approximate surface area is 161 Å². The number of aromatic nitrogens is 1. The number of piperazine rings is 1. The molecule has 0 spiro atoms. The lowest BCUT2D eigenvalue weighted by atomic mass is 10.2. The van der Waals surface area contributed by atoms with Crippen molar-refractivity contribution in [1.82, 2.24) is 9.88 Å². The molecule has 0 saturated carbocycles. The molecule has 9 nitrogen and oxygen atoms in total. The number of hydrogen-bond donors (Lipinski definition) is 1. The molecule has 0 radical (unpaired) electrons. The van der Waals surface area contributed by atoms with E-state index < -0.39 is 14.9 Å². The Hall–Kier alpha value is -2.27. The average molecular weight is 412 g/mol. The van der Waals surface area contributed by atoms with Crippen LogP contribution in [-0.4, -0.2) is 49.4 Å². The second-order valence-electron chi connectivity index (χ2n) is 6.19. The first-order chi connectivity index (χ1) is 12.7. The zero-order valence-electron chi connectivity index (χ0n) is 14.3. The van der Waals surface area contributed by atoms with Crippen molar-refractivity contribution < 1.29 is 13.3 Å². The number of hydrogen-bond acceptors (Lipinski definition) is 7. The summed E-state index contributed by atoms with van der Waals surface area (Å²) in [5.41, 5.74) is 0.969. The van der Waals surface area contributed by atoms with Gasteiger partial charge in [-0.15, -0.1) is 0 Å². The van der Waals surface area contributed by atoms with Crippen LogP contribution < -0.4 is 10.0 Å². The number of nitro groups is 1. The number of sulfonamides is 1. The van der Waals surface area contributed by atoms with Crippen molar-refractivity contribution in [2.45, 2.75) is 11.4 Å². The number of non-ortho nitro benzene ring substituents is 1. The maximum absolute atomic E-state index is 11.9. The Bertz CT molecular complexity index is 944. The first kappa shape index (κ1) is 19.5. The fourth-order valence-electron chi connectivity index (χ4n) is 2.98. The maximum Gasteiger partial charge on any atom is 0.270 e. The fourth-order valence-corrected chi connectivity index (χ4v) is 3.87. The van der Waals surface area contributed by atoms with Crippen LogP contribution >= 0.6 is 11.6 Å². The van der Waals surface area contributed by atoms with Crippen molar-refractivity contribution >= 4 is 33.0 Å². The lowest BCUT2D eigenvalue weighted by Crippen LogP contribution is -2.46. The number of pyridine rings is 1. The van der Waals surface area contributed by atoms with Crippen LogP contribution in [0.4, 0.5) is 11.4 Å². The lowest BCUT2D eigenvalue weighted by molar-refractivity contribution is -0.385. The van der Waals surface area contributed by atoms with E-state index in [9.17, 15) is 18.5 Å². The fraction of sp³-hybridized carbons (Fsp3) is 0.312. The summed E-state index contributed by atoms with van der Waals surface area (Å²) in [7, 11) is -4.09. The highest BCUT2D eigenvalue weighted by atomic mass is 35.5. The van der Waals surface area contributed by atoms with Gasteiger partial charge < -0.3 is 4.90 Å². The minimum atomic E-state index is -4.09. The number of halogens is 1. The van der Waals surface area contributed by atoms with Gasteiger partial charge in [0, 0.05) is 51.1 Å². The van der Waals surface area contributed by atoms with Crippen molar-refractivity contribution in [1.29, 1.82) is 0 Å². The van der Waals surface area contributed by atoms with E-state index in [4.69, 9.17) is 16.7 Å². The van der Waals surface area contributed by atoms with Gasteiger partial charge in [0.1, 0.15) is 4.90 Å². The van der Waals surface area contributed by atoms with Crippen LogP contribution in [0.1, 0.15) is 5.69 Å². The van der Waals surface area contributed by atoms with E-state index in [1.54, 1.807) is 12.3 Å². The van der Waals surface area contributed by atoms with Crippen LogP contribution in [0.25, 0.3) is 0 Å². The minimum Gasteiger partial charge on any atom is -0.368 e.